The number of carbonyl (C=O) groups is 1. The molecule has 76 valence electrons. The molecule has 1 rings (SSSR count). The zero-order valence-electron chi connectivity index (χ0n) is 8.08. The summed E-state index contributed by atoms with van der Waals surface area (Å²) in [6.07, 6.45) is -0.618. The summed E-state index contributed by atoms with van der Waals surface area (Å²) in [6.45, 7) is 3.57. The number of primary amides is 1. The SMILES string of the molecule is Cc1cccc(OC(C)C(N)=O)c1Br. The van der Waals surface area contributed by atoms with Gasteiger partial charge in [0.1, 0.15) is 5.75 Å². The van der Waals surface area contributed by atoms with Crippen LogP contribution in [0.4, 0.5) is 0 Å². The highest BCUT2D eigenvalue weighted by molar-refractivity contribution is 9.10. The highest BCUT2D eigenvalue weighted by Gasteiger charge is 2.12. The first-order chi connectivity index (χ1) is 6.52. The summed E-state index contributed by atoms with van der Waals surface area (Å²) in [6, 6.07) is 5.60. The minimum atomic E-state index is -0.618. The molecule has 0 saturated heterocycles. The van der Waals surface area contributed by atoms with Crippen molar-refractivity contribution in [1.82, 2.24) is 0 Å². The normalized spacial score (nSPS) is 12.2. The maximum Gasteiger partial charge on any atom is 0.258 e. The molecule has 14 heavy (non-hydrogen) atoms. The highest BCUT2D eigenvalue weighted by atomic mass is 79.9. The van der Waals surface area contributed by atoms with Gasteiger partial charge in [0.25, 0.3) is 5.91 Å². The van der Waals surface area contributed by atoms with E-state index in [0.717, 1.165) is 10.0 Å². The Kier molecular flexibility index (Phi) is 3.52. The van der Waals surface area contributed by atoms with Crippen LogP contribution in [0, 0.1) is 6.92 Å². The lowest BCUT2D eigenvalue weighted by Gasteiger charge is -2.13. The predicted octanol–water partition coefficient (Wildman–Crippen LogP) is 2.01. The Balaban J connectivity index is 2.87. The van der Waals surface area contributed by atoms with Gasteiger partial charge in [-0.15, -0.1) is 0 Å². The molecule has 0 spiro atoms. The van der Waals surface area contributed by atoms with Crippen LogP contribution in [0.15, 0.2) is 22.7 Å². The molecule has 0 heterocycles. The van der Waals surface area contributed by atoms with Crippen LogP contribution < -0.4 is 10.5 Å². The van der Waals surface area contributed by atoms with Crippen molar-refractivity contribution in [2.75, 3.05) is 0 Å². The Labute approximate surface area is 91.4 Å². The Morgan fingerprint density at radius 1 is 1.57 bits per heavy atom. The minimum absolute atomic E-state index is 0.474. The van der Waals surface area contributed by atoms with Crippen molar-refractivity contribution in [2.24, 2.45) is 5.73 Å². The van der Waals surface area contributed by atoms with E-state index in [4.69, 9.17) is 10.5 Å². The molecule has 1 amide bonds. The third kappa shape index (κ3) is 2.48. The molecule has 0 saturated carbocycles. The van der Waals surface area contributed by atoms with E-state index in [-0.39, 0.29) is 0 Å². The van der Waals surface area contributed by atoms with Crippen molar-refractivity contribution in [3.05, 3.63) is 28.2 Å². The summed E-state index contributed by atoms with van der Waals surface area (Å²) in [5.41, 5.74) is 6.15. The van der Waals surface area contributed by atoms with E-state index in [0.29, 0.717) is 5.75 Å². The molecule has 4 heteroatoms. The average molecular weight is 258 g/mol. The number of amides is 1. The molecule has 0 fully saturated rings. The molecule has 2 N–H and O–H groups in total. The second kappa shape index (κ2) is 4.46. The van der Waals surface area contributed by atoms with Crippen molar-refractivity contribution >= 4 is 21.8 Å². The zero-order chi connectivity index (χ0) is 10.7. The lowest BCUT2D eigenvalue weighted by atomic mass is 10.2. The molecule has 0 radical (unpaired) electrons. The van der Waals surface area contributed by atoms with Gasteiger partial charge in [-0.1, -0.05) is 12.1 Å². The third-order valence-electron chi connectivity index (χ3n) is 1.86. The van der Waals surface area contributed by atoms with Gasteiger partial charge in [0, 0.05) is 0 Å². The van der Waals surface area contributed by atoms with Crippen molar-refractivity contribution in [3.8, 4) is 5.75 Å². The molecule has 1 aromatic rings. The lowest BCUT2D eigenvalue weighted by molar-refractivity contribution is -0.124. The van der Waals surface area contributed by atoms with Crippen LogP contribution in [0.5, 0.6) is 5.75 Å². The fourth-order valence-corrected chi connectivity index (χ4v) is 1.32. The Bertz CT molecular complexity index is 352. The average Bonchev–Trinajstić information content (AvgIpc) is 2.12. The molecule has 1 atom stereocenters. The van der Waals surface area contributed by atoms with E-state index in [1.807, 2.05) is 19.1 Å². The molecule has 0 aromatic heterocycles. The smallest absolute Gasteiger partial charge is 0.258 e. The van der Waals surface area contributed by atoms with Crippen LogP contribution >= 0.6 is 15.9 Å². The van der Waals surface area contributed by atoms with Gasteiger partial charge >= 0.3 is 0 Å². The number of ether oxygens (including phenoxy) is 1. The Morgan fingerprint density at radius 3 is 2.79 bits per heavy atom. The fraction of sp³-hybridized carbons (Fsp3) is 0.300. The van der Waals surface area contributed by atoms with E-state index < -0.39 is 12.0 Å². The summed E-state index contributed by atoms with van der Waals surface area (Å²) in [7, 11) is 0. The van der Waals surface area contributed by atoms with E-state index in [2.05, 4.69) is 15.9 Å². The topological polar surface area (TPSA) is 52.3 Å². The molecule has 3 nitrogen and oxygen atoms in total. The van der Waals surface area contributed by atoms with E-state index >= 15 is 0 Å². The van der Waals surface area contributed by atoms with Gasteiger partial charge < -0.3 is 10.5 Å². The monoisotopic (exact) mass is 257 g/mol. The van der Waals surface area contributed by atoms with E-state index in [1.54, 1.807) is 13.0 Å². The van der Waals surface area contributed by atoms with E-state index in [1.165, 1.54) is 0 Å². The number of aryl methyl sites for hydroxylation is 1. The van der Waals surface area contributed by atoms with Gasteiger partial charge in [-0.05, 0) is 41.4 Å². The number of hydrogen-bond acceptors (Lipinski definition) is 2. The van der Waals surface area contributed by atoms with Crippen molar-refractivity contribution in [1.29, 1.82) is 0 Å². The highest BCUT2D eigenvalue weighted by Crippen LogP contribution is 2.28. The number of carbonyl (C=O) groups excluding carboxylic acids is 1. The predicted molar refractivity (Wildman–Crippen MR) is 58.2 cm³/mol. The molecule has 0 aliphatic rings. The maximum absolute atomic E-state index is 10.8. The van der Waals surface area contributed by atoms with Crippen LogP contribution in [0.3, 0.4) is 0 Å². The first-order valence-electron chi connectivity index (χ1n) is 4.23. The van der Waals surface area contributed by atoms with Crippen molar-refractivity contribution < 1.29 is 9.53 Å². The number of rotatable bonds is 3. The molecule has 0 aliphatic carbocycles. The van der Waals surface area contributed by atoms with Gasteiger partial charge in [-0.2, -0.15) is 0 Å². The number of halogens is 1. The molecule has 0 aliphatic heterocycles. The van der Waals surface area contributed by atoms with Crippen LogP contribution in [0.1, 0.15) is 12.5 Å². The first kappa shape index (κ1) is 11.0. The van der Waals surface area contributed by atoms with Crippen molar-refractivity contribution in [2.45, 2.75) is 20.0 Å². The van der Waals surface area contributed by atoms with Gasteiger partial charge in [-0.25, -0.2) is 0 Å². The van der Waals surface area contributed by atoms with Gasteiger partial charge in [0.15, 0.2) is 6.10 Å². The van der Waals surface area contributed by atoms with Crippen LogP contribution in [-0.4, -0.2) is 12.0 Å². The summed E-state index contributed by atoms with van der Waals surface area (Å²) in [4.78, 5) is 10.8. The molecule has 0 bridgehead atoms. The van der Waals surface area contributed by atoms with Gasteiger partial charge in [0.05, 0.1) is 4.47 Å². The summed E-state index contributed by atoms with van der Waals surface area (Å²) >= 11 is 3.38. The van der Waals surface area contributed by atoms with Crippen molar-refractivity contribution in [3.63, 3.8) is 0 Å². The van der Waals surface area contributed by atoms with Gasteiger partial charge in [-0.3, -0.25) is 4.79 Å². The second-order valence-corrected chi connectivity index (χ2v) is 3.84. The molecule has 1 unspecified atom stereocenters. The number of hydrogen-bond donors (Lipinski definition) is 1. The standard InChI is InChI=1S/C10H12BrNO2/c1-6-4-3-5-8(9(6)11)14-7(2)10(12)13/h3-5,7H,1-2H3,(H2,12,13). The third-order valence-corrected chi connectivity index (χ3v) is 2.88. The summed E-state index contributed by atoms with van der Waals surface area (Å²) in [5.74, 6) is 0.162. The Morgan fingerprint density at radius 2 is 2.21 bits per heavy atom. The quantitative estimate of drug-likeness (QED) is 0.901. The van der Waals surface area contributed by atoms with E-state index in [9.17, 15) is 4.79 Å². The van der Waals surface area contributed by atoms with Crippen LogP contribution in [0.2, 0.25) is 0 Å². The number of benzene rings is 1. The number of nitrogens with two attached hydrogens (primary N) is 1. The minimum Gasteiger partial charge on any atom is -0.480 e. The second-order valence-electron chi connectivity index (χ2n) is 3.05. The summed E-state index contributed by atoms with van der Waals surface area (Å²) < 4.78 is 6.22. The van der Waals surface area contributed by atoms with Gasteiger partial charge in [0.2, 0.25) is 0 Å². The molecular weight excluding hydrogens is 246 g/mol. The fourth-order valence-electron chi connectivity index (χ4n) is 0.960. The first-order valence-corrected chi connectivity index (χ1v) is 5.02. The molecule has 1 aromatic carbocycles. The summed E-state index contributed by atoms with van der Waals surface area (Å²) in [5, 5.41) is 0. The zero-order valence-corrected chi connectivity index (χ0v) is 9.67. The maximum atomic E-state index is 10.8. The van der Waals surface area contributed by atoms with Crippen LogP contribution in [-0.2, 0) is 4.79 Å². The lowest BCUT2D eigenvalue weighted by Crippen LogP contribution is -2.30. The largest absolute Gasteiger partial charge is 0.480 e. The molecular formula is C10H12BrNO2. The van der Waals surface area contributed by atoms with Crippen LogP contribution in [0.25, 0.3) is 0 Å². The Hall–Kier alpha value is -1.03.